The van der Waals surface area contributed by atoms with Gasteiger partial charge < -0.3 is 25.7 Å². The van der Waals surface area contributed by atoms with Crippen LogP contribution in [0.5, 0.6) is 0 Å². The first kappa shape index (κ1) is 43.8. The third-order valence-corrected chi connectivity index (χ3v) is 12.1. The Hall–Kier alpha value is -5.33. The van der Waals surface area contributed by atoms with Crippen LogP contribution in [0.15, 0.2) is 72.8 Å². The van der Waals surface area contributed by atoms with Crippen molar-refractivity contribution in [3.63, 3.8) is 0 Å². The molecular formula is C46H56N4O7S. The molecule has 11 nitrogen and oxygen atoms in total. The minimum Gasteiger partial charge on any atom is -0.481 e. The van der Waals surface area contributed by atoms with E-state index in [0.29, 0.717) is 47.4 Å². The van der Waals surface area contributed by atoms with Gasteiger partial charge in [0, 0.05) is 61.7 Å². The number of carboxylic acids is 2. The molecule has 0 unspecified atom stereocenters. The number of hydrogen-bond donors (Lipinski definition) is 4. The Balaban J connectivity index is 1.22. The van der Waals surface area contributed by atoms with Crippen molar-refractivity contribution in [1.82, 2.24) is 9.80 Å². The van der Waals surface area contributed by atoms with Crippen LogP contribution in [-0.4, -0.2) is 75.9 Å². The summed E-state index contributed by atoms with van der Waals surface area (Å²) >= 11 is 1.49. The highest BCUT2D eigenvalue weighted by atomic mass is 32.1. The number of amides is 3. The van der Waals surface area contributed by atoms with Crippen LogP contribution in [0.1, 0.15) is 123 Å². The van der Waals surface area contributed by atoms with E-state index in [2.05, 4.69) is 29.4 Å². The van der Waals surface area contributed by atoms with Gasteiger partial charge in [-0.05, 0) is 123 Å². The summed E-state index contributed by atoms with van der Waals surface area (Å²) in [6, 6.07) is 22.6. The number of aromatic carboxylic acids is 1. The van der Waals surface area contributed by atoms with Gasteiger partial charge >= 0.3 is 11.9 Å². The number of aryl methyl sites for hydroxylation is 3. The molecule has 0 radical (unpaired) electrons. The van der Waals surface area contributed by atoms with Gasteiger partial charge in [-0.25, -0.2) is 4.79 Å². The second-order valence-electron chi connectivity index (χ2n) is 15.1. The number of carbonyl (C=O) groups excluding carboxylic acids is 3. The molecule has 1 aliphatic carbocycles. The van der Waals surface area contributed by atoms with Crippen molar-refractivity contribution in [1.29, 1.82) is 0 Å². The highest BCUT2D eigenvalue weighted by molar-refractivity contribution is 7.17. The van der Waals surface area contributed by atoms with Gasteiger partial charge in [-0.2, -0.15) is 0 Å². The Morgan fingerprint density at radius 1 is 0.741 bits per heavy atom. The lowest BCUT2D eigenvalue weighted by molar-refractivity contribution is -0.137. The fourth-order valence-corrected chi connectivity index (χ4v) is 8.86. The van der Waals surface area contributed by atoms with Gasteiger partial charge in [-0.3, -0.25) is 24.1 Å². The average molecular weight is 809 g/mol. The minimum absolute atomic E-state index is 0.0138. The third-order valence-electron chi connectivity index (χ3n) is 10.9. The quantitative estimate of drug-likeness (QED) is 0.0652. The molecule has 4 aromatic rings. The Morgan fingerprint density at radius 2 is 1.41 bits per heavy atom. The van der Waals surface area contributed by atoms with E-state index in [0.717, 1.165) is 91.5 Å². The van der Waals surface area contributed by atoms with Crippen molar-refractivity contribution in [2.75, 3.05) is 30.8 Å². The first-order valence-electron chi connectivity index (χ1n) is 20.4. The summed E-state index contributed by atoms with van der Waals surface area (Å²) in [5.41, 5.74) is 6.13. The number of thiophene rings is 1. The zero-order valence-corrected chi connectivity index (χ0v) is 34.7. The molecule has 0 saturated heterocycles. The number of nitrogens with one attached hydrogen (secondary N) is 2. The number of aliphatic carboxylic acids is 1. The number of rotatable bonds is 21. The predicted octanol–water partition coefficient (Wildman–Crippen LogP) is 8.71. The Morgan fingerprint density at radius 3 is 2.07 bits per heavy atom. The molecule has 0 atom stereocenters. The number of benzene rings is 3. The second-order valence-corrected chi connectivity index (χ2v) is 16.2. The van der Waals surface area contributed by atoms with Crippen molar-refractivity contribution >= 4 is 51.7 Å². The largest absolute Gasteiger partial charge is 0.481 e. The molecule has 0 bridgehead atoms. The molecule has 0 aliphatic heterocycles. The van der Waals surface area contributed by atoms with E-state index in [1.54, 1.807) is 30.1 Å². The molecule has 1 aromatic heterocycles. The van der Waals surface area contributed by atoms with Crippen molar-refractivity contribution in [3.05, 3.63) is 117 Å². The second kappa shape index (κ2) is 21.4. The van der Waals surface area contributed by atoms with Crippen LogP contribution >= 0.6 is 11.3 Å². The Labute approximate surface area is 345 Å². The van der Waals surface area contributed by atoms with Crippen LogP contribution in [0, 0.1) is 0 Å². The summed E-state index contributed by atoms with van der Waals surface area (Å²) in [6.07, 6.45) is 8.45. The van der Waals surface area contributed by atoms with Crippen molar-refractivity contribution in [3.8, 4) is 0 Å². The van der Waals surface area contributed by atoms with Gasteiger partial charge in [0.25, 0.3) is 11.8 Å². The zero-order valence-electron chi connectivity index (χ0n) is 33.9. The minimum atomic E-state index is -0.943. The number of anilines is 2. The zero-order chi connectivity index (χ0) is 41.6. The van der Waals surface area contributed by atoms with Gasteiger partial charge in [-0.1, -0.05) is 50.2 Å². The fraction of sp³-hybridized carbons (Fsp3) is 0.413. The molecule has 1 heterocycles. The maximum Gasteiger partial charge on any atom is 0.335 e. The van der Waals surface area contributed by atoms with E-state index < -0.39 is 11.9 Å². The van der Waals surface area contributed by atoms with E-state index in [1.807, 2.05) is 54.6 Å². The number of hydrogen-bond acceptors (Lipinski definition) is 7. The molecule has 0 fully saturated rings. The maximum atomic E-state index is 13.9. The third kappa shape index (κ3) is 12.3. The van der Waals surface area contributed by atoms with Crippen LogP contribution < -0.4 is 10.6 Å². The summed E-state index contributed by atoms with van der Waals surface area (Å²) in [5.74, 6) is -2.40. The van der Waals surface area contributed by atoms with E-state index in [9.17, 15) is 24.0 Å². The van der Waals surface area contributed by atoms with Gasteiger partial charge in [0.1, 0.15) is 5.00 Å². The smallest absolute Gasteiger partial charge is 0.335 e. The van der Waals surface area contributed by atoms with Gasteiger partial charge in [0.15, 0.2) is 0 Å². The van der Waals surface area contributed by atoms with Gasteiger partial charge in [0.05, 0.1) is 11.1 Å². The van der Waals surface area contributed by atoms with Crippen LogP contribution in [0.3, 0.4) is 0 Å². The van der Waals surface area contributed by atoms with E-state index in [-0.39, 0.29) is 36.1 Å². The Kier molecular flexibility index (Phi) is 16.2. The van der Waals surface area contributed by atoms with Crippen molar-refractivity contribution in [2.24, 2.45) is 0 Å². The van der Waals surface area contributed by atoms with E-state index in [4.69, 9.17) is 10.2 Å². The van der Waals surface area contributed by atoms with E-state index >= 15 is 0 Å². The molecule has 3 amide bonds. The molecule has 0 spiro atoms. The van der Waals surface area contributed by atoms with E-state index in [1.165, 1.54) is 11.3 Å². The summed E-state index contributed by atoms with van der Waals surface area (Å²) in [6.45, 7) is 6.32. The normalized spacial score (nSPS) is 12.3. The summed E-state index contributed by atoms with van der Waals surface area (Å²) in [5, 5.41) is 24.8. The monoisotopic (exact) mass is 808 g/mol. The molecule has 3 aromatic carbocycles. The molecule has 308 valence electrons. The number of fused-ring (bicyclic) bond motifs is 1. The van der Waals surface area contributed by atoms with Crippen LogP contribution in [0.2, 0.25) is 0 Å². The first-order valence-corrected chi connectivity index (χ1v) is 21.2. The number of nitrogens with zero attached hydrogens (tertiary/aromatic N) is 2. The molecule has 5 rings (SSSR count). The SMILES string of the molecule is CCC(CC)N(CCCN(C)C(=O)CCCC(=O)O)Cc1cccc(C(=O)Nc2sc3c(c2C(=O)Nc2ccc(CCc4ccc(C(=O)O)cc4)cc2)CCCC3)c1. The van der Waals surface area contributed by atoms with Crippen LogP contribution in [0.25, 0.3) is 0 Å². The standard InChI is InChI=1S/C46H56N4O7S/c1-4-37(5-2)50(28-10-27-49(3)40(51)15-9-16-41(52)53)30-33-11-8-12-35(29-33)43(54)48-45-42(38-13-6-7-14-39(38)58-45)44(55)47-36-25-21-32(22-26-36)18-17-31-19-23-34(24-20-31)46(56)57/h8,11-12,19-26,29,37H,4-7,9-10,13-18,27-28,30H2,1-3H3,(H,47,55)(H,48,54)(H,52,53)(H,56,57). The molecule has 4 N–H and O–H groups in total. The topological polar surface area (TPSA) is 156 Å². The lowest BCUT2D eigenvalue weighted by atomic mass is 9.95. The summed E-state index contributed by atoms with van der Waals surface area (Å²) in [7, 11) is 1.76. The van der Waals surface area contributed by atoms with Crippen LogP contribution in [0.4, 0.5) is 10.7 Å². The maximum absolute atomic E-state index is 13.9. The Bertz CT molecular complexity index is 2040. The summed E-state index contributed by atoms with van der Waals surface area (Å²) < 4.78 is 0. The predicted molar refractivity (Wildman–Crippen MR) is 229 cm³/mol. The number of carbonyl (C=O) groups is 5. The lowest BCUT2D eigenvalue weighted by Gasteiger charge is -2.31. The number of carboxylic acid groups (broad SMARTS) is 2. The average Bonchev–Trinajstić information content (AvgIpc) is 3.58. The summed E-state index contributed by atoms with van der Waals surface area (Å²) in [4.78, 5) is 67.5. The molecule has 1 aliphatic rings. The van der Waals surface area contributed by atoms with Gasteiger partial charge in [0.2, 0.25) is 5.91 Å². The highest BCUT2D eigenvalue weighted by Gasteiger charge is 2.27. The first-order chi connectivity index (χ1) is 27.9. The highest BCUT2D eigenvalue weighted by Crippen LogP contribution is 2.39. The lowest BCUT2D eigenvalue weighted by Crippen LogP contribution is -2.37. The molecule has 58 heavy (non-hydrogen) atoms. The molecule has 12 heteroatoms. The molecule has 0 saturated carbocycles. The van der Waals surface area contributed by atoms with Crippen molar-refractivity contribution < 1.29 is 34.2 Å². The fourth-order valence-electron chi connectivity index (χ4n) is 7.58. The van der Waals surface area contributed by atoms with Gasteiger partial charge in [-0.15, -0.1) is 11.3 Å². The molecular weight excluding hydrogens is 753 g/mol. The van der Waals surface area contributed by atoms with Crippen LogP contribution in [-0.2, 0) is 41.8 Å². The van der Waals surface area contributed by atoms with Crippen molar-refractivity contribution in [2.45, 2.75) is 103 Å².